The van der Waals surface area contributed by atoms with Gasteiger partial charge in [-0.1, -0.05) is 25.0 Å². The van der Waals surface area contributed by atoms with Crippen molar-refractivity contribution in [2.75, 3.05) is 6.54 Å². The lowest BCUT2D eigenvalue weighted by Crippen LogP contribution is -2.27. The normalized spacial score (nSPS) is 25.5. The molecule has 2 fully saturated rings. The van der Waals surface area contributed by atoms with E-state index in [2.05, 4.69) is 0 Å². The summed E-state index contributed by atoms with van der Waals surface area (Å²) in [7, 11) is 0. The molecule has 1 spiro atoms. The number of ether oxygens (including phenoxy) is 1. The Labute approximate surface area is 126 Å². The van der Waals surface area contributed by atoms with Crippen molar-refractivity contribution in [3.63, 3.8) is 0 Å². The minimum absolute atomic E-state index is 0.176. The quantitative estimate of drug-likeness (QED) is 0.895. The van der Waals surface area contributed by atoms with E-state index in [0.29, 0.717) is 18.6 Å². The second kappa shape index (κ2) is 6.45. The molecule has 116 valence electrons. The molecule has 0 amide bonds. The maximum atomic E-state index is 13.0. The van der Waals surface area contributed by atoms with E-state index in [-0.39, 0.29) is 11.4 Å². The van der Waals surface area contributed by atoms with Crippen molar-refractivity contribution < 1.29 is 9.13 Å². The van der Waals surface area contributed by atoms with E-state index in [1.165, 1.54) is 56.2 Å². The zero-order valence-electron chi connectivity index (χ0n) is 12.7. The Morgan fingerprint density at radius 2 is 1.90 bits per heavy atom. The highest BCUT2D eigenvalue weighted by Gasteiger charge is 2.42. The van der Waals surface area contributed by atoms with E-state index in [0.717, 1.165) is 12.8 Å². The highest BCUT2D eigenvalue weighted by atomic mass is 19.1. The number of nitrogens with two attached hydrogens (primary N) is 1. The Hall–Kier alpha value is -0.930. The van der Waals surface area contributed by atoms with Crippen LogP contribution in [0.4, 0.5) is 4.39 Å². The molecule has 2 aliphatic rings. The molecular formula is C18H26FNO. The van der Waals surface area contributed by atoms with E-state index < -0.39 is 0 Å². The van der Waals surface area contributed by atoms with E-state index >= 15 is 0 Å². The van der Waals surface area contributed by atoms with Crippen LogP contribution < -0.4 is 5.73 Å². The maximum Gasteiger partial charge on any atom is 0.123 e. The molecule has 1 aromatic rings. The number of benzene rings is 1. The average Bonchev–Trinajstić information content (AvgIpc) is 3.11. The second-order valence-corrected chi connectivity index (χ2v) is 6.84. The van der Waals surface area contributed by atoms with Gasteiger partial charge >= 0.3 is 0 Å². The fourth-order valence-electron chi connectivity index (χ4n) is 4.04. The van der Waals surface area contributed by atoms with Gasteiger partial charge in [-0.15, -0.1) is 0 Å². The van der Waals surface area contributed by atoms with Crippen LogP contribution in [0.1, 0.15) is 50.5 Å². The summed E-state index contributed by atoms with van der Waals surface area (Å²) in [5.41, 5.74) is 7.32. The van der Waals surface area contributed by atoms with E-state index in [4.69, 9.17) is 10.5 Å². The predicted molar refractivity (Wildman–Crippen MR) is 82.6 cm³/mol. The van der Waals surface area contributed by atoms with Crippen LogP contribution >= 0.6 is 0 Å². The zero-order valence-corrected chi connectivity index (χ0v) is 12.7. The fraction of sp³-hybridized carbons (Fsp3) is 0.667. The van der Waals surface area contributed by atoms with Gasteiger partial charge in [-0.05, 0) is 68.7 Å². The van der Waals surface area contributed by atoms with Gasteiger partial charge in [0.2, 0.25) is 0 Å². The molecule has 1 saturated carbocycles. The van der Waals surface area contributed by atoms with Crippen LogP contribution in [0.3, 0.4) is 0 Å². The Morgan fingerprint density at radius 1 is 1.19 bits per heavy atom. The van der Waals surface area contributed by atoms with Gasteiger partial charge in [0.15, 0.2) is 0 Å². The monoisotopic (exact) mass is 291 g/mol. The highest BCUT2D eigenvalue weighted by molar-refractivity contribution is 5.16. The Balaban J connectivity index is 1.54. The SMILES string of the molecule is NCC(Cc1ccc(F)cc1)CC1CCC2(CCCC2)O1. The molecule has 2 atom stereocenters. The third-order valence-electron chi connectivity index (χ3n) is 5.22. The van der Waals surface area contributed by atoms with Crippen LogP contribution in [0.5, 0.6) is 0 Å². The molecule has 2 N–H and O–H groups in total. The summed E-state index contributed by atoms with van der Waals surface area (Å²) in [5.74, 6) is 0.252. The van der Waals surface area contributed by atoms with Crippen LogP contribution in [0.25, 0.3) is 0 Å². The lowest BCUT2D eigenvalue weighted by molar-refractivity contribution is -0.0438. The first-order chi connectivity index (χ1) is 10.2. The van der Waals surface area contributed by atoms with Crippen LogP contribution in [0, 0.1) is 11.7 Å². The van der Waals surface area contributed by atoms with Gasteiger partial charge in [-0.25, -0.2) is 4.39 Å². The van der Waals surface area contributed by atoms with Crippen molar-refractivity contribution in [3.05, 3.63) is 35.6 Å². The fourth-order valence-corrected chi connectivity index (χ4v) is 4.04. The topological polar surface area (TPSA) is 35.2 Å². The van der Waals surface area contributed by atoms with Gasteiger partial charge in [-0.3, -0.25) is 0 Å². The zero-order chi connectivity index (χ0) is 14.7. The van der Waals surface area contributed by atoms with Gasteiger partial charge in [0, 0.05) is 0 Å². The molecule has 0 radical (unpaired) electrons. The average molecular weight is 291 g/mol. The lowest BCUT2D eigenvalue weighted by atomic mass is 9.92. The number of rotatable bonds is 5. The predicted octanol–water partition coefficient (Wildman–Crippen LogP) is 3.83. The van der Waals surface area contributed by atoms with Crippen LogP contribution in [0.2, 0.25) is 0 Å². The molecule has 3 rings (SSSR count). The van der Waals surface area contributed by atoms with Crippen molar-refractivity contribution in [2.45, 2.75) is 63.1 Å². The van der Waals surface area contributed by atoms with Crippen LogP contribution in [-0.2, 0) is 11.2 Å². The minimum atomic E-state index is -0.176. The number of hydrogen-bond donors (Lipinski definition) is 1. The number of halogens is 1. The van der Waals surface area contributed by atoms with Crippen molar-refractivity contribution in [3.8, 4) is 0 Å². The summed E-state index contributed by atoms with van der Waals surface area (Å²) in [6.07, 6.45) is 9.87. The summed E-state index contributed by atoms with van der Waals surface area (Å²) < 4.78 is 19.3. The lowest BCUT2D eigenvalue weighted by Gasteiger charge is -2.25. The van der Waals surface area contributed by atoms with Crippen LogP contribution in [0.15, 0.2) is 24.3 Å². The molecule has 1 saturated heterocycles. The summed E-state index contributed by atoms with van der Waals surface area (Å²) in [6.45, 7) is 0.671. The standard InChI is InChI=1S/C18H26FNO/c19-16-5-3-14(4-6-16)11-15(13-20)12-17-7-10-18(21-17)8-1-2-9-18/h3-6,15,17H,1-2,7-13,20H2. The number of hydrogen-bond acceptors (Lipinski definition) is 2. The molecule has 1 aliphatic carbocycles. The van der Waals surface area contributed by atoms with Crippen molar-refractivity contribution >= 4 is 0 Å². The smallest absolute Gasteiger partial charge is 0.123 e. The summed E-state index contributed by atoms with van der Waals surface area (Å²) in [6, 6.07) is 6.79. The Kier molecular flexibility index (Phi) is 4.60. The van der Waals surface area contributed by atoms with Gasteiger partial charge in [0.25, 0.3) is 0 Å². The third-order valence-corrected chi connectivity index (χ3v) is 5.22. The van der Waals surface area contributed by atoms with Crippen LogP contribution in [-0.4, -0.2) is 18.2 Å². The first-order valence-electron chi connectivity index (χ1n) is 8.31. The Bertz CT molecular complexity index is 453. The highest BCUT2D eigenvalue weighted by Crippen LogP contribution is 2.44. The van der Waals surface area contributed by atoms with Gasteiger partial charge < -0.3 is 10.5 Å². The van der Waals surface area contributed by atoms with Gasteiger partial charge in [0.05, 0.1) is 11.7 Å². The molecule has 21 heavy (non-hydrogen) atoms. The van der Waals surface area contributed by atoms with Crippen molar-refractivity contribution in [2.24, 2.45) is 11.7 Å². The minimum Gasteiger partial charge on any atom is -0.372 e. The van der Waals surface area contributed by atoms with Gasteiger partial charge in [-0.2, -0.15) is 0 Å². The van der Waals surface area contributed by atoms with E-state index in [1.54, 1.807) is 0 Å². The molecular weight excluding hydrogens is 265 g/mol. The maximum absolute atomic E-state index is 13.0. The molecule has 1 aliphatic heterocycles. The molecule has 1 aromatic carbocycles. The molecule has 0 bridgehead atoms. The summed E-state index contributed by atoms with van der Waals surface area (Å²) >= 11 is 0. The molecule has 3 heteroatoms. The largest absolute Gasteiger partial charge is 0.372 e. The molecule has 2 unspecified atom stereocenters. The van der Waals surface area contributed by atoms with Crippen molar-refractivity contribution in [1.29, 1.82) is 0 Å². The first-order valence-corrected chi connectivity index (χ1v) is 8.31. The third kappa shape index (κ3) is 3.64. The Morgan fingerprint density at radius 3 is 2.57 bits per heavy atom. The molecule has 1 heterocycles. The van der Waals surface area contributed by atoms with E-state index in [9.17, 15) is 4.39 Å². The summed E-state index contributed by atoms with van der Waals surface area (Å²) in [5, 5.41) is 0. The first kappa shape index (κ1) is 15.0. The molecule has 2 nitrogen and oxygen atoms in total. The second-order valence-electron chi connectivity index (χ2n) is 6.84. The van der Waals surface area contributed by atoms with E-state index in [1.807, 2.05) is 12.1 Å². The van der Waals surface area contributed by atoms with Gasteiger partial charge in [0.1, 0.15) is 5.82 Å². The molecule has 0 aromatic heterocycles. The van der Waals surface area contributed by atoms with Crippen molar-refractivity contribution in [1.82, 2.24) is 0 Å². The summed E-state index contributed by atoms with van der Waals surface area (Å²) in [4.78, 5) is 0.